The number of rotatable bonds is 2. The number of anilines is 1. The Balaban J connectivity index is 2.27. The quantitative estimate of drug-likeness (QED) is 0.805. The van der Waals surface area contributed by atoms with Crippen LogP contribution in [0.5, 0.6) is 0 Å². The summed E-state index contributed by atoms with van der Waals surface area (Å²) in [6, 6.07) is 5.69. The number of hydrogen-bond donors (Lipinski definition) is 1. The first-order chi connectivity index (χ1) is 8.11. The maximum absolute atomic E-state index is 11.1. The van der Waals surface area contributed by atoms with Gasteiger partial charge in [0, 0.05) is 18.8 Å². The number of pyridine rings is 1. The van der Waals surface area contributed by atoms with Gasteiger partial charge in [-0.15, -0.1) is 0 Å². The highest BCUT2D eigenvalue weighted by Gasteiger charge is 2.28. The summed E-state index contributed by atoms with van der Waals surface area (Å²) < 4.78 is 0. The summed E-state index contributed by atoms with van der Waals surface area (Å²) >= 11 is 0. The number of aromatic nitrogens is 1. The second kappa shape index (κ2) is 4.42. The normalized spacial score (nSPS) is 19.1. The molecule has 5 heteroatoms. The number of aryl methyl sites for hydroxylation is 1. The zero-order chi connectivity index (χ0) is 12.4. The van der Waals surface area contributed by atoms with Crippen LogP contribution in [0.3, 0.4) is 0 Å². The summed E-state index contributed by atoms with van der Waals surface area (Å²) in [5.41, 5.74) is 6.69. The highest BCUT2D eigenvalue weighted by molar-refractivity contribution is 5.78. The minimum absolute atomic E-state index is 0.135. The average Bonchev–Trinajstić information content (AvgIpc) is 2.78. The number of primary amides is 1. The zero-order valence-electron chi connectivity index (χ0n) is 9.68. The van der Waals surface area contributed by atoms with Gasteiger partial charge in [0.05, 0.1) is 11.5 Å². The second-order valence-corrected chi connectivity index (χ2v) is 4.27. The first kappa shape index (κ1) is 11.4. The van der Waals surface area contributed by atoms with Crippen LogP contribution >= 0.6 is 0 Å². The van der Waals surface area contributed by atoms with Crippen molar-refractivity contribution in [3.8, 4) is 6.07 Å². The summed E-state index contributed by atoms with van der Waals surface area (Å²) in [4.78, 5) is 17.4. The fourth-order valence-electron chi connectivity index (χ4n) is 2.06. The van der Waals surface area contributed by atoms with E-state index < -0.39 is 0 Å². The van der Waals surface area contributed by atoms with Gasteiger partial charge in [-0.1, -0.05) is 0 Å². The van der Waals surface area contributed by atoms with Crippen LogP contribution in [0.25, 0.3) is 0 Å². The van der Waals surface area contributed by atoms with Crippen molar-refractivity contribution in [2.45, 2.75) is 13.3 Å². The van der Waals surface area contributed by atoms with Gasteiger partial charge in [-0.25, -0.2) is 4.98 Å². The Morgan fingerprint density at radius 2 is 2.41 bits per heavy atom. The van der Waals surface area contributed by atoms with Gasteiger partial charge in [0.2, 0.25) is 5.91 Å². The van der Waals surface area contributed by atoms with E-state index in [0.717, 1.165) is 18.7 Å². The van der Waals surface area contributed by atoms with Gasteiger partial charge in [-0.2, -0.15) is 5.26 Å². The zero-order valence-corrected chi connectivity index (χ0v) is 9.68. The molecule has 0 aliphatic carbocycles. The van der Waals surface area contributed by atoms with Crippen LogP contribution in [0, 0.1) is 24.2 Å². The molecule has 5 nitrogen and oxygen atoms in total. The van der Waals surface area contributed by atoms with Crippen molar-refractivity contribution >= 4 is 11.7 Å². The number of amides is 1. The molecule has 0 saturated carbocycles. The molecule has 2 rings (SSSR count). The van der Waals surface area contributed by atoms with Crippen molar-refractivity contribution in [2.75, 3.05) is 18.0 Å². The molecule has 1 aliphatic rings. The first-order valence-electron chi connectivity index (χ1n) is 5.54. The molecule has 0 aromatic carbocycles. The Bertz CT molecular complexity index is 492. The molecule has 1 amide bonds. The SMILES string of the molecule is Cc1ccc(C#N)c(N2CCC(C(N)=O)C2)n1. The van der Waals surface area contributed by atoms with E-state index in [2.05, 4.69) is 11.1 Å². The molecule has 17 heavy (non-hydrogen) atoms. The molecule has 0 bridgehead atoms. The molecule has 1 saturated heterocycles. The van der Waals surface area contributed by atoms with E-state index in [1.165, 1.54) is 0 Å². The molecule has 2 N–H and O–H groups in total. The summed E-state index contributed by atoms with van der Waals surface area (Å²) in [5, 5.41) is 9.04. The van der Waals surface area contributed by atoms with E-state index in [-0.39, 0.29) is 11.8 Å². The summed E-state index contributed by atoms with van der Waals surface area (Å²) in [6.07, 6.45) is 0.732. The third kappa shape index (κ3) is 2.21. The number of nitrogens with two attached hydrogens (primary N) is 1. The number of hydrogen-bond acceptors (Lipinski definition) is 4. The first-order valence-corrected chi connectivity index (χ1v) is 5.54. The van der Waals surface area contributed by atoms with Crippen molar-refractivity contribution in [1.82, 2.24) is 4.98 Å². The minimum atomic E-state index is -0.279. The lowest BCUT2D eigenvalue weighted by molar-refractivity contribution is -0.121. The van der Waals surface area contributed by atoms with Crippen molar-refractivity contribution in [3.63, 3.8) is 0 Å². The molecule has 1 aromatic rings. The van der Waals surface area contributed by atoms with E-state index in [1.807, 2.05) is 17.9 Å². The highest BCUT2D eigenvalue weighted by Crippen LogP contribution is 2.25. The lowest BCUT2D eigenvalue weighted by Gasteiger charge is -2.18. The van der Waals surface area contributed by atoms with Gasteiger partial charge >= 0.3 is 0 Å². The van der Waals surface area contributed by atoms with Crippen LogP contribution in [-0.4, -0.2) is 24.0 Å². The minimum Gasteiger partial charge on any atom is -0.369 e. The van der Waals surface area contributed by atoms with Gasteiger partial charge in [0.25, 0.3) is 0 Å². The van der Waals surface area contributed by atoms with Gasteiger partial charge in [-0.05, 0) is 25.5 Å². The molecule has 2 heterocycles. The van der Waals surface area contributed by atoms with E-state index in [4.69, 9.17) is 11.0 Å². The van der Waals surface area contributed by atoms with Crippen LogP contribution in [-0.2, 0) is 4.79 Å². The molecular formula is C12H14N4O. The molecule has 0 radical (unpaired) electrons. The molecule has 1 aromatic heterocycles. The van der Waals surface area contributed by atoms with Crippen LogP contribution in [0.15, 0.2) is 12.1 Å². The predicted molar refractivity (Wildman–Crippen MR) is 63.2 cm³/mol. The fraction of sp³-hybridized carbons (Fsp3) is 0.417. The van der Waals surface area contributed by atoms with E-state index in [1.54, 1.807) is 6.07 Å². The lowest BCUT2D eigenvalue weighted by Crippen LogP contribution is -2.28. The lowest BCUT2D eigenvalue weighted by atomic mass is 10.1. The Labute approximate surface area is 99.9 Å². The highest BCUT2D eigenvalue weighted by atomic mass is 16.1. The number of carbonyl (C=O) groups is 1. The van der Waals surface area contributed by atoms with Crippen LogP contribution in [0.2, 0.25) is 0 Å². The molecule has 1 fully saturated rings. The Morgan fingerprint density at radius 1 is 1.65 bits per heavy atom. The monoisotopic (exact) mass is 230 g/mol. The molecule has 1 atom stereocenters. The molecule has 0 spiro atoms. The molecule has 1 aliphatic heterocycles. The number of carbonyl (C=O) groups excluding carboxylic acids is 1. The van der Waals surface area contributed by atoms with Gasteiger partial charge in [-0.3, -0.25) is 4.79 Å². The van der Waals surface area contributed by atoms with E-state index in [9.17, 15) is 4.79 Å². The largest absolute Gasteiger partial charge is 0.369 e. The third-order valence-electron chi connectivity index (χ3n) is 3.02. The molecular weight excluding hydrogens is 216 g/mol. The van der Waals surface area contributed by atoms with Crippen molar-refractivity contribution < 1.29 is 4.79 Å². The Morgan fingerprint density at radius 3 is 3.00 bits per heavy atom. The van der Waals surface area contributed by atoms with Gasteiger partial charge < -0.3 is 10.6 Å². The summed E-state index contributed by atoms with van der Waals surface area (Å²) in [5.74, 6) is 0.249. The van der Waals surface area contributed by atoms with E-state index in [0.29, 0.717) is 17.9 Å². The maximum atomic E-state index is 11.1. The molecule has 88 valence electrons. The van der Waals surface area contributed by atoms with Crippen molar-refractivity contribution in [3.05, 3.63) is 23.4 Å². The Hall–Kier alpha value is -2.09. The topological polar surface area (TPSA) is 83.0 Å². The standard InChI is InChI=1S/C12H14N4O/c1-8-2-3-9(6-13)12(15-8)16-5-4-10(7-16)11(14)17/h2-3,10H,4-5,7H2,1H3,(H2,14,17). The average molecular weight is 230 g/mol. The smallest absolute Gasteiger partial charge is 0.222 e. The predicted octanol–water partition coefficient (Wildman–Crippen LogP) is 0.573. The van der Waals surface area contributed by atoms with Crippen molar-refractivity contribution in [1.29, 1.82) is 5.26 Å². The Kier molecular flexibility index (Phi) is 2.96. The second-order valence-electron chi connectivity index (χ2n) is 4.27. The van der Waals surface area contributed by atoms with Crippen molar-refractivity contribution in [2.24, 2.45) is 11.7 Å². The maximum Gasteiger partial charge on any atom is 0.222 e. The third-order valence-corrected chi connectivity index (χ3v) is 3.02. The summed E-state index contributed by atoms with van der Waals surface area (Å²) in [6.45, 7) is 3.16. The summed E-state index contributed by atoms with van der Waals surface area (Å²) in [7, 11) is 0. The van der Waals surface area contributed by atoms with Crippen LogP contribution < -0.4 is 10.6 Å². The van der Waals surface area contributed by atoms with Gasteiger partial charge in [0.15, 0.2) is 0 Å². The fourth-order valence-corrected chi connectivity index (χ4v) is 2.06. The van der Waals surface area contributed by atoms with Crippen LogP contribution in [0.1, 0.15) is 17.7 Å². The van der Waals surface area contributed by atoms with Crippen LogP contribution in [0.4, 0.5) is 5.82 Å². The number of nitriles is 1. The van der Waals surface area contributed by atoms with E-state index >= 15 is 0 Å². The van der Waals surface area contributed by atoms with Gasteiger partial charge in [0.1, 0.15) is 11.9 Å². The molecule has 1 unspecified atom stereocenters. The number of nitrogens with zero attached hydrogens (tertiary/aromatic N) is 3.